The first-order chi connectivity index (χ1) is 21.0. The highest BCUT2D eigenvalue weighted by Crippen LogP contribution is 2.43. The average molecular weight is 608 g/mol. The first-order valence-electron chi connectivity index (χ1n) is 14.1. The number of hydrogen-bond donors (Lipinski definition) is 1. The van der Waals surface area contributed by atoms with E-state index in [9.17, 15) is 32.4 Å². The van der Waals surface area contributed by atoms with Gasteiger partial charge in [-0.25, -0.2) is 9.37 Å². The van der Waals surface area contributed by atoms with E-state index in [1.807, 2.05) is 0 Å². The Kier molecular flexibility index (Phi) is 8.46. The summed E-state index contributed by atoms with van der Waals surface area (Å²) in [6, 6.07) is 13.8. The summed E-state index contributed by atoms with van der Waals surface area (Å²) in [5.41, 5.74) is 0.503. The van der Waals surface area contributed by atoms with Gasteiger partial charge in [-0.15, -0.1) is 0 Å². The SMILES string of the molecule is CNC(=O)c1c(-c2ccc(F)cc2)oc2nc(CCC(F)(F)F)c(-c3ccc(OC)c(C(=O)CC4(C#N)CCCC4)c3)cc12. The number of Topliss-reactive ketones (excluding diaryl/α,β-unsaturated/α-hetero) is 1. The van der Waals surface area contributed by atoms with Crippen LogP contribution < -0.4 is 10.1 Å². The number of methoxy groups -OCH3 is 1. The van der Waals surface area contributed by atoms with Gasteiger partial charge in [-0.3, -0.25) is 9.59 Å². The number of amides is 1. The summed E-state index contributed by atoms with van der Waals surface area (Å²) < 4.78 is 65.1. The minimum atomic E-state index is -4.47. The number of carbonyl (C=O) groups is 2. The van der Waals surface area contributed by atoms with Crippen molar-refractivity contribution in [1.29, 1.82) is 5.26 Å². The van der Waals surface area contributed by atoms with Crippen LogP contribution in [0.4, 0.5) is 17.6 Å². The smallest absolute Gasteiger partial charge is 0.389 e. The van der Waals surface area contributed by atoms with Gasteiger partial charge in [0.2, 0.25) is 5.71 Å². The number of halogens is 4. The number of alkyl halides is 3. The highest BCUT2D eigenvalue weighted by Gasteiger charge is 2.37. The van der Waals surface area contributed by atoms with E-state index in [0.29, 0.717) is 24.0 Å². The fourth-order valence-corrected chi connectivity index (χ4v) is 5.79. The maximum absolute atomic E-state index is 13.6. The van der Waals surface area contributed by atoms with E-state index >= 15 is 0 Å². The Bertz CT molecular complexity index is 1770. The van der Waals surface area contributed by atoms with E-state index in [1.54, 1.807) is 12.1 Å². The minimum absolute atomic E-state index is 0.00882. The number of hydrogen-bond acceptors (Lipinski definition) is 6. The maximum atomic E-state index is 13.6. The summed E-state index contributed by atoms with van der Waals surface area (Å²) in [4.78, 5) is 31.1. The Morgan fingerprint density at radius 3 is 2.39 bits per heavy atom. The third-order valence-corrected chi connectivity index (χ3v) is 8.08. The Morgan fingerprint density at radius 1 is 1.09 bits per heavy atom. The van der Waals surface area contributed by atoms with Crippen LogP contribution >= 0.6 is 0 Å². The van der Waals surface area contributed by atoms with Crippen LogP contribution in [-0.4, -0.2) is 37.0 Å². The van der Waals surface area contributed by atoms with E-state index in [1.165, 1.54) is 50.6 Å². The van der Waals surface area contributed by atoms with Gasteiger partial charge in [0.1, 0.15) is 17.3 Å². The molecule has 0 saturated heterocycles. The lowest BCUT2D eigenvalue weighted by Gasteiger charge is -2.20. The van der Waals surface area contributed by atoms with Gasteiger partial charge in [-0.2, -0.15) is 18.4 Å². The first kappa shape index (κ1) is 30.7. The molecule has 2 aromatic heterocycles. The lowest BCUT2D eigenvalue weighted by molar-refractivity contribution is -0.134. The number of aryl methyl sites for hydroxylation is 1. The van der Waals surface area contributed by atoms with Crippen LogP contribution in [0.1, 0.15) is 64.9 Å². The number of ketones is 1. The van der Waals surface area contributed by atoms with Crippen molar-refractivity contribution in [2.75, 3.05) is 14.2 Å². The second-order valence-corrected chi connectivity index (χ2v) is 11.0. The molecule has 4 aromatic rings. The number of furan rings is 1. The molecule has 0 aliphatic heterocycles. The van der Waals surface area contributed by atoms with Crippen LogP contribution in [0.25, 0.3) is 33.6 Å². The van der Waals surface area contributed by atoms with Crippen LogP contribution in [0.2, 0.25) is 0 Å². The van der Waals surface area contributed by atoms with Gasteiger partial charge >= 0.3 is 6.18 Å². The number of pyridine rings is 1. The number of nitrogens with zero attached hydrogens (tertiary/aromatic N) is 2. The Labute approximate surface area is 250 Å². The molecule has 0 bridgehead atoms. The molecule has 1 fully saturated rings. The van der Waals surface area contributed by atoms with Crippen molar-refractivity contribution in [3.05, 3.63) is 71.2 Å². The number of ether oxygens (including phenoxy) is 1. The number of carbonyl (C=O) groups excluding carboxylic acids is 2. The van der Waals surface area contributed by atoms with Crippen molar-refractivity contribution in [2.45, 2.75) is 51.1 Å². The summed E-state index contributed by atoms with van der Waals surface area (Å²) >= 11 is 0. The number of nitrogens with one attached hydrogen (secondary N) is 1. The third kappa shape index (κ3) is 6.16. The molecule has 0 spiro atoms. The number of rotatable bonds is 9. The molecule has 5 rings (SSSR count). The van der Waals surface area contributed by atoms with Crippen molar-refractivity contribution in [3.8, 4) is 34.3 Å². The fraction of sp³-hybridized carbons (Fsp3) is 0.333. The van der Waals surface area contributed by atoms with Gasteiger partial charge < -0.3 is 14.5 Å². The lowest BCUT2D eigenvalue weighted by Crippen LogP contribution is -2.19. The van der Waals surface area contributed by atoms with Crippen LogP contribution in [0.5, 0.6) is 5.75 Å². The molecule has 7 nitrogen and oxygen atoms in total. The standard InChI is InChI=1S/C33H29F4N3O4/c1-39-30(42)28-24-16-22(20-7-10-27(43-2)23(15-20)26(41)17-32(18-38)12-3-4-13-32)25(11-14-33(35,36)37)40-31(24)44-29(28)19-5-8-21(34)9-6-19/h5-10,15-16H,3-4,11-14,17H2,1-2H3,(H,39,42). The number of benzene rings is 2. The van der Waals surface area contributed by atoms with Crippen molar-refractivity contribution in [3.63, 3.8) is 0 Å². The average Bonchev–Trinajstić information content (AvgIpc) is 3.63. The topological polar surface area (TPSA) is 105 Å². The third-order valence-electron chi connectivity index (χ3n) is 8.08. The molecule has 44 heavy (non-hydrogen) atoms. The first-order valence-corrected chi connectivity index (χ1v) is 14.1. The molecular formula is C33H29F4N3O4. The van der Waals surface area contributed by atoms with Crippen LogP contribution in [0, 0.1) is 22.6 Å². The normalized spacial score (nSPS) is 14.4. The summed E-state index contributed by atoms with van der Waals surface area (Å²) in [5.74, 6) is -1.01. The fourth-order valence-electron chi connectivity index (χ4n) is 5.79. The van der Waals surface area contributed by atoms with E-state index in [0.717, 1.165) is 12.8 Å². The maximum Gasteiger partial charge on any atom is 0.389 e. The Hall–Kier alpha value is -4.72. The van der Waals surface area contributed by atoms with E-state index in [2.05, 4.69) is 16.4 Å². The predicted molar refractivity (Wildman–Crippen MR) is 155 cm³/mol. The Balaban J connectivity index is 1.69. The predicted octanol–water partition coefficient (Wildman–Crippen LogP) is 7.82. The molecule has 11 heteroatoms. The second-order valence-electron chi connectivity index (χ2n) is 11.0. The quantitative estimate of drug-likeness (QED) is 0.154. The van der Waals surface area contributed by atoms with Crippen LogP contribution in [0.3, 0.4) is 0 Å². The minimum Gasteiger partial charge on any atom is -0.496 e. The highest BCUT2D eigenvalue weighted by atomic mass is 19.4. The van der Waals surface area contributed by atoms with Gasteiger partial charge in [-0.05, 0) is 67.3 Å². The van der Waals surface area contributed by atoms with Gasteiger partial charge in [0, 0.05) is 31.0 Å². The number of fused-ring (bicyclic) bond motifs is 1. The second kappa shape index (κ2) is 12.1. The molecule has 2 aromatic carbocycles. The molecule has 0 unspecified atom stereocenters. The monoisotopic (exact) mass is 607 g/mol. The van der Waals surface area contributed by atoms with Crippen LogP contribution in [0.15, 0.2) is 52.9 Å². The molecule has 1 saturated carbocycles. The van der Waals surface area contributed by atoms with Crippen molar-refractivity contribution < 1.29 is 36.3 Å². The van der Waals surface area contributed by atoms with E-state index < -0.39 is 36.2 Å². The molecule has 228 valence electrons. The molecule has 2 heterocycles. The van der Waals surface area contributed by atoms with Crippen molar-refractivity contribution >= 4 is 22.8 Å². The summed E-state index contributed by atoms with van der Waals surface area (Å²) in [5, 5.41) is 12.6. The number of aromatic nitrogens is 1. The molecule has 0 radical (unpaired) electrons. The Morgan fingerprint density at radius 2 is 1.77 bits per heavy atom. The zero-order valence-electron chi connectivity index (χ0n) is 24.1. The zero-order valence-corrected chi connectivity index (χ0v) is 24.1. The molecule has 1 N–H and O–H groups in total. The van der Waals surface area contributed by atoms with Gasteiger partial charge in [0.05, 0.1) is 40.8 Å². The van der Waals surface area contributed by atoms with E-state index in [4.69, 9.17) is 9.15 Å². The molecule has 1 aliphatic rings. The van der Waals surface area contributed by atoms with E-state index in [-0.39, 0.29) is 57.2 Å². The molecule has 1 amide bonds. The summed E-state index contributed by atoms with van der Waals surface area (Å²) in [7, 11) is 2.82. The number of nitriles is 1. The summed E-state index contributed by atoms with van der Waals surface area (Å²) in [6.45, 7) is 0. The zero-order chi connectivity index (χ0) is 31.6. The molecule has 1 aliphatic carbocycles. The van der Waals surface area contributed by atoms with Crippen LogP contribution in [-0.2, 0) is 6.42 Å². The summed E-state index contributed by atoms with van der Waals surface area (Å²) in [6.07, 6.45) is -3.22. The van der Waals surface area contributed by atoms with Gasteiger partial charge in [0.15, 0.2) is 5.78 Å². The van der Waals surface area contributed by atoms with Gasteiger partial charge in [-0.1, -0.05) is 18.9 Å². The largest absolute Gasteiger partial charge is 0.496 e. The molecule has 0 atom stereocenters. The molecular weight excluding hydrogens is 578 g/mol. The van der Waals surface area contributed by atoms with Crippen molar-refractivity contribution in [2.24, 2.45) is 5.41 Å². The van der Waals surface area contributed by atoms with Gasteiger partial charge in [0.25, 0.3) is 5.91 Å². The lowest BCUT2D eigenvalue weighted by atomic mass is 9.81. The highest BCUT2D eigenvalue weighted by molar-refractivity contribution is 6.11. The van der Waals surface area contributed by atoms with Crippen molar-refractivity contribution in [1.82, 2.24) is 10.3 Å².